The topological polar surface area (TPSA) is 75.3 Å². The van der Waals surface area contributed by atoms with E-state index < -0.39 is 0 Å². The molecule has 1 aliphatic heterocycles. The van der Waals surface area contributed by atoms with Gasteiger partial charge < -0.3 is 14.6 Å². The molecule has 1 aromatic heterocycles. The van der Waals surface area contributed by atoms with E-state index >= 15 is 0 Å². The van der Waals surface area contributed by atoms with Crippen LogP contribution < -0.4 is 0 Å². The van der Waals surface area contributed by atoms with Gasteiger partial charge in [-0.15, -0.1) is 0 Å². The van der Waals surface area contributed by atoms with Crippen LogP contribution in [0.5, 0.6) is 0 Å². The summed E-state index contributed by atoms with van der Waals surface area (Å²) in [7, 11) is 0. The van der Waals surface area contributed by atoms with E-state index in [1.54, 1.807) is 6.33 Å². The largest absolute Gasteiger partial charge is 0.462 e. The van der Waals surface area contributed by atoms with Crippen molar-refractivity contribution in [2.45, 2.75) is 52.5 Å². The summed E-state index contributed by atoms with van der Waals surface area (Å²) in [6.07, 6.45) is 2.46. The van der Waals surface area contributed by atoms with E-state index in [1.165, 1.54) is 0 Å². The van der Waals surface area contributed by atoms with E-state index in [0.29, 0.717) is 24.3 Å². The van der Waals surface area contributed by atoms with E-state index in [-0.39, 0.29) is 29.3 Å². The lowest BCUT2D eigenvalue weighted by molar-refractivity contribution is 0.0361. The van der Waals surface area contributed by atoms with Crippen LogP contribution in [0.3, 0.4) is 0 Å². The number of benzene rings is 2. The van der Waals surface area contributed by atoms with Gasteiger partial charge in [-0.05, 0) is 80.0 Å². The maximum Gasteiger partial charge on any atom is 0.338 e. The van der Waals surface area contributed by atoms with E-state index in [4.69, 9.17) is 4.74 Å². The maximum absolute atomic E-state index is 13.4. The van der Waals surface area contributed by atoms with Gasteiger partial charge in [-0.25, -0.2) is 9.78 Å². The standard InChI is InChI=1S/C26H31N3O3/c1-6-32-25(31)20-8-7-16(2)21(13-20)26(5)11-12-29(18(4)17(26)3)24(30)19-9-10-22-23(14-19)28-15-27-22/h7-10,13-15,17-18H,6,11-12H2,1-5H3,(H,27,28)/t17-,18-,26-/m1/s1. The number of fused-ring (bicyclic) bond motifs is 1. The van der Waals surface area contributed by atoms with Crippen molar-refractivity contribution in [3.63, 3.8) is 0 Å². The van der Waals surface area contributed by atoms with Crippen molar-refractivity contribution < 1.29 is 14.3 Å². The van der Waals surface area contributed by atoms with E-state index in [1.807, 2.05) is 48.2 Å². The molecule has 2 aromatic carbocycles. The number of esters is 1. The summed E-state index contributed by atoms with van der Waals surface area (Å²) in [5.41, 5.74) is 5.13. The molecular formula is C26H31N3O3. The van der Waals surface area contributed by atoms with Crippen molar-refractivity contribution in [2.75, 3.05) is 13.2 Å². The molecule has 1 saturated heterocycles. The Bertz CT molecular complexity index is 1170. The van der Waals surface area contributed by atoms with Crippen LogP contribution in [0.4, 0.5) is 0 Å². The molecule has 1 aliphatic rings. The number of carbonyl (C=O) groups is 2. The molecule has 6 heteroatoms. The lowest BCUT2D eigenvalue weighted by Gasteiger charge is -2.50. The number of likely N-dealkylation sites (tertiary alicyclic amines) is 1. The summed E-state index contributed by atoms with van der Waals surface area (Å²) in [4.78, 5) is 35.0. The highest BCUT2D eigenvalue weighted by Gasteiger charge is 2.44. The number of aromatic nitrogens is 2. The fraction of sp³-hybridized carbons (Fsp3) is 0.423. The first-order valence-electron chi connectivity index (χ1n) is 11.3. The van der Waals surface area contributed by atoms with E-state index in [9.17, 15) is 9.59 Å². The second kappa shape index (κ2) is 8.41. The smallest absolute Gasteiger partial charge is 0.338 e. The number of aryl methyl sites for hydroxylation is 1. The SMILES string of the molecule is CCOC(=O)c1ccc(C)c([C@]2(C)CCN(C(=O)c3ccc4nc[nH]c4c3)[C@H](C)[C@H]2C)c1. The van der Waals surface area contributed by atoms with Gasteiger partial charge in [-0.3, -0.25) is 4.79 Å². The number of amides is 1. The first-order valence-corrected chi connectivity index (χ1v) is 11.3. The number of nitrogens with zero attached hydrogens (tertiary/aromatic N) is 2. The maximum atomic E-state index is 13.4. The Morgan fingerprint density at radius 3 is 2.69 bits per heavy atom. The molecule has 0 radical (unpaired) electrons. The van der Waals surface area contributed by atoms with Gasteiger partial charge in [0.05, 0.1) is 29.5 Å². The Morgan fingerprint density at radius 1 is 1.19 bits per heavy atom. The van der Waals surface area contributed by atoms with Crippen LogP contribution in [-0.2, 0) is 10.2 Å². The van der Waals surface area contributed by atoms with Crippen molar-refractivity contribution >= 4 is 22.9 Å². The number of ether oxygens (including phenoxy) is 1. The average Bonchev–Trinajstić information content (AvgIpc) is 3.25. The van der Waals surface area contributed by atoms with Gasteiger partial charge in [0.15, 0.2) is 0 Å². The number of nitrogens with one attached hydrogen (secondary N) is 1. The zero-order valence-corrected chi connectivity index (χ0v) is 19.4. The van der Waals surface area contributed by atoms with Crippen LogP contribution in [0.15, 0.2) is 42.7 Å². The van der Waals surface area contributed by atoms with Gasteiger partial charge in [0, 0.05) is 18.2 Å². The minimum Gasteiger partial charge on any atom is -0.462 e. The predicted octanol–water partition coefficient (Wildman–Crippen LogP) is 4.88. The number of aromatic amines is 1. The molecule has 1 amide bonds. The number of rotatable bonds is 4. The summed E-state index contributed by atoms with van der Waals surface area (Å²) in [5, 5.41) is 0. The van der Waals surface area contributed by atoms with Crippen molar-refractivity contribution in [1.82, 2.24) is 14.9 Å². The zero-order chi connectivity index (χ0) is 23.0. The Labute approximate surface area is 189 Å². The van der Waals surface area contributed by atoms with Gasteiger partial charge >= 0.3 is 5.97 Å². The van der Waals surface area contributed by atoms with Gasteiger partial charge in [-0.1, -0.05) is 19.9 Å². The number of carbonyl (C=O) groups excluding carboxylic acids is 2. The Hall–Kier alpha value is -3.15. The lowest BCUT2D eigenvalue weighted by Crippen LogP contribution is -2.55. The number of imidazole rings is 1. The quantitative estimate of drug-likeness (QED) is 0.595. The second-order valence-corrected chi connectivity index (χ2v) is 9.08. The lowest BCUT2D eigenvalue weighted by atomic mass is 9.64. The van der Waals surface area contributed by atoms with Crippen molar-refractivity contribution in [1.29, 1.82) is 0 Å². The molecule has 0 bridgehead atoms. The summed E-state index contributed by atoms with van der Waals surface area (Å²) in [5.74, 6) is -0.0491. The highest BCUT2D eigenvalue weighted by Crippen LogP contribution is 2.44. The second-order valence-electron chi connectivity index (χ2n) is 9.08. The summed E-state index contributed by atoms with van der Waals surface area (Å²) >= 11 is 0. The third kappa shape index (κ3) is 3.68. The summed E-state index contributed by atoms with van der Waals surface area (Å²) in [6, 6.07) is 11.5. The Kier molecular flexibility index (Phi) is 5.80. The molecule has 32 heavy (non-hydrogen) atoms. The first kappa shape index (κ1) is 22.1. The predicted molar refractivity (Wildman–Crippen MR) is 125 cm³/mol. The first-order chi connectivity index (χ1) is 15.3. The van der Waals surface area contributed by atoms with Crippen molar-refractivity contribution in [3.8, 4) is 0 Å². The molecule has 4 rings (SSSR count). The zero-order valence-electron chi connectivity index (χ0n) is 19.4. The van der Waals surface area contributed by atoms with Crippen molar-refractivity contribution in [2.24, 2.45) is 5.92 Å². The minimum atomic E-state index is -0.292. The van der Waals surface area contributed by atoms with Crippen LogP contribution in [-0.4, -0.2) is 45.9 Å². The van der Waals surface area contributed by atoms with Crippen LogP contribution in [0.1, 0.15) is 66.0 Å². The van der Waals surface area contributed by atoms with Crippen LogP contribution in [0.2, 0.25) is 0 Å². The molecule has 3 aromatic rings. The Balaban J connectivity index is 1.61. The molecule has 1 fully saturated rings. The van der Waals surface area contributed by atoms with Crippen LogP contribution in [0.25, 0.3) is 11.0 Å². The molecule has 168 valence electrons. The van der Waals surface area contributed by atoms with Gasteiger partial charge in [0.2, 0.25) is 0 Å². The number of piperidine rings is 1. The van der Waals surface area contributed by atoms with Gasteiger partial charge in [0.1, 0.15) is 0 Å². The Morgan fingerprint density at radius 2 is 1.94 bits per heavy atom. The third-order valence-electron chi connectivity index (χ3n) is 7.38. The van der Waals surface area contributed by atoms with Gasteiger partial charge in [0.25, 0.3) is 5.91 Å². The number of H-pyrrole nitrogens is 1. The van der Waals surface area contributed by atoms with Gasteiger partial charge in [-0.2, -0.15) is 0 Å². The minimum absolute atomic E-state index is 0.0416. The fourth-order valence-electron chi connectivity index (χ4n) is 5.07. The van der Waals surface area contributed by atoms with E-state index in [0.717, 1.165) is 28.6 Å². The highest BCUT2D eigenvalue weighted by atomic mass is 16.5. The molecule has 0 aliphatic carbocycles. The van der Waals surface area contributed by atoms with Crippen LogP contribution in [0, 0.1) is 12.8 Å². The summed E-state index contributed by atoms with van der Waals surface area (Å²) in [6.45, 7) is 11.5. The third-order valence-corrected chi connectivity index (χ3v) is 7.38. The highest BCUT2D eigenvalue weighted by molar-refractivity contribution is 5.97. The van der Waals surface area contributed by atoms with Crippen molar-refractivity contribution in [3.05, 3.63) is 65.0 Å². The monoisotopic (exact) mass is 433 g/mol. The number of hydrogen-bond acceptors (Lipinski definition) is 4. The molecule has 1 N–H and O–H groups in total. The normalized spacial score (nSPS) is 23.3. The number of hydrogen-bond donors (Lipinski definition) is 1. The molecule has 6 nitrogen and oxygen atoms in total. The molecule has 0 saturated carbocycles. The fourth-order valence-corrected chi connectivity index (χ4v) is 5.07. The molecular weight excluding hydrogens is 402 g/mol. The average molecular weight is 434 g/mol. The molecule has 0 unspecified atom stereocenters. The molecule has 0 spiro atoms. The van der Waals surface area contributed by atoms with Crippen LogP contribution >= 0.6 is 0 Å². The summed E-state index contributed by atoms with van der Waals surface area (Å²) < 4.78 is 5.21. The molecule has 2 heterocycles. The van der Waals surface area contributed by atoms with E-state index in [2.05, 4.69) is 37.7 Å². The molecule has 3 atom stereocenters.